The van der Waals surface area contributed by atoms with Gasteiger partial charge >= 0.3 is 0 Å². The van der Waals surface area contributed by atoms with E-state index in [4.69, 9.17) is 0 Å². The molecule has 0 aliphatic carbocycles. The van der Waals surface area contributed by atoms with E-state index < -0.39 is 0 Å². The molecule has 84 valence electrons. The van der Waals surface area contributed by atoms with E-state index in [1.165, 1.54) is 6.21 Å². The Morgan fingerprint density at radius 3 is 2.53 bits per heavy atom. The SMILES string of the molecule is O=C(N/N=C\c1ccccn1)c1ccccn1. The van der Waals surface area contributed by atoms with E-state index in [0.29, 0.717) is 11.4 Å². The highest BCUT2D eigenvalue weighted by Gasteiger charge is 2.03. The first kappa shape index (κ1) is 10.9. The van der Waals surface area contributed by atoms with Crippen LogP contribution in [-0.4, -0.2) is 22.1 Å². The maximum Gasteiger partial charge on any atom is 0.289 e. The van der Waals surface area contributed by atoms with Crippen LogP contribution in [0.15, 0.2) is 53.9 Å². The molecule has 0 saturated carbocycles. The van der Waals surface area contributed by atoms with Gasteiger partial charge in [-0.25, -0.2) is 5.43 Å². The maximum atomic E-state index is 11.5. The minimum atomic E-state index is -0.349. The third-order valence-electron chi connectivity index (χ3n) is 1.95. The van der Waals surface area contributed by atoms with Gasteiger partial charge < -0.3 is 0 Å². The monoisotopic (exact) mass is 226 g/mol. The van der Waals surface area contributed by atoms with Crippen molar-refractivity contribution in [1.82, 2.24) is 15.4 Å². The molecule has 0 atom stereocenters. The predicted molar refractivity (Wildman–Crippen MR) is 63.5 cm³/mol. The summed E-state index contributed by atoms with van der Waals surface area (Å²) in [6.07, 6.45) is 4.68. The van der Waals surface area contributed by atoms with E-state index in [1.54, 1.807) is 36.7 Å². The lowest BCUT2D eigenvalue weighted by molar-refractivity contribution is 0.0950. The fourth-order valence-electron chi connectivity index (χ4n) is 1.16. The maximum absolute atomic E-state index is 11.5. The second-order valence-electron chi connectivity index (χ2n) is 3.17. The van der Waals surface area contributed by atoms with E-state index in [2.05, 4.69) is 20.5 Å². The van der Waals surface area contributed by atoms with E-state index >= 15 is 0 Å². The Balaban J connectivity index is 1.95. The number of carbonyl (C=O) groups excluding carboxylic acids is 1. The molecule has 1 amide bonds. The standard InChI is InChI=1S/C12H10N4O/c17-12(11-6-2-4-8-14-11)16-15-9-10-5-1-3-7-13-10/h1-9H,(H,16,17)/b15-9-. The minimum absolute atomic E-state index is 0.325. The van der Waals surface area contributed by atoms with E-state index in [-0.39, 0.29) is 5.91 Å². The summed E-state index contributed by atoms with van der Waals surface area (Å²) in [5.74, 6) is -0.349. The lowest BCUT2D eigenvalue weighted by Crippen LogP contribution is -2.18. The van der Waals surface area contributed by atoms with Gasteiger partial charge in [0.2, 0.25) is 0 Å². The van der Waals surface area contributed by atoms with Gasteiger partial charge in [-0.2, -0.15) is 5.10 Å². The molecule has 0 unspecified atom stereocenters. The number of hydrazone groups is 1. The lowest BCUT2D eigenvalue weighted by atomic mass is 10.3. The zero-order valence-electron chi connectivity index (χ0n) is 8.95. The summed E-state index contributed by atoms with van der Waals surface area (Å²) in [5.41, 5.74) is 3.37. The number of rotatable bonds is 3. The summed E-state index contributed by atoms with van der Waals surface area (Å²) in [4.78, 5) is 19.5. The molecule has 5 heteroatoms. The van der Waals surface area contributed by atoms with Crippen LogP contribution in [0.25, 0.3) is 0 Å². The van der Waals surface area contributed by atoms with Crippen LogP contribution in [0.5, 0.6) is 0 Å². The highest BCUT2D eigenvalue weighted by molar-refractivity contribution is 5.92. The summed E-state index contributed by atoms with van der Waals surface area (Å²) < 4.78 is 0. The zero-order valence-corrected chi connectivity index (χ0v) is 8.95. The van der Waals surface area contributed by atoms with Crippen molar-refractivity contribution in [3.8, 4) is 0 Å². The summed E-state index contributed by atoms with van der Waals surface area (Å²) in [6.45, 7) is 0. The summed E-state index contributed by atoms with van der Waals surface area (Å²) in [7, 11) is 0. The van der Waals surface area contributed by atoms with Crippen molar-refractivity contribution in [2.45, 2.75) is 0 Å². The number of nitrogens with one attached hydrogen (secondary N) is 1. The lowest BCUT2D eigenvalue weighted by Gasteiger charge is -1.97. The molecule has 2 rings (SSSR count). The van der Waals surface area contributed by atoms with Crippen molar-refractivity contribution < 1.29 is 4.79 Å². The molecular formula is C12H10N4O. The molecule has 2 aromatic rings. The quantitative estimate of drug-likeness (QED) is 0.632. The molecule has 0 radical (unpaired) electrons. The number of nitrogens with zero attached hydrogens (tertiary/aromatic N) is 3. The molecule has 0 aliphatic rings. The Labute approximate surface area is 98.2 Å². The third kappa shape index (κ3) is 3.20. The van der Waals surface area contributed by atoms with Crippen molar-refractivity contribution in [2.24, 2.45) is 5.10 Å². The van der Waals surface area contributed by atoms with E-state index in [1.807, 2.05) is 12.1 Å². The van der Waals surface area contributed by atoms with Gasteiger partial charge in [-0.15, -0.1) is 0 Å². The highest BCUT2D eigenvalue weighted by atomic mass is 16.2. The average molecular weight is 226 g/mol. The molecule has 0 bridgehead atoms. The van der Waals surface area contributed by atoms with Crippen molar-refractivity contribution in [1.29, 1.82) is 0 Å². The number of carbonyl (C=O) groups is 1. The van der Waals surface area contributed by atoms with Gasteiger partial charge in [0.1, 0.15) is 5.69 Å². The van der Waals surface area contributed by atoms with Crippen LogP contribution in [0.3, 0.4) is 0 Å². The Hall–Kier alpha value is -2.56. The second-order valence-corrected chi connectivity index (χ2v) is 3.17. The van der Waals surface area contributed by atoms with Crippen LogP contribution < -0.4 is 5.43 Å². The zero-order chi connectivity index (χ0) is 11.9. The Kier molecular flexibility index (Phi) is 3.54. The van der Waals surface area contributed by atoms with Crippen molar-refractivity contribution in [3.05, 3.63) is 60.2 Å². The molecule has 0 spiro atoms. The molecule has 1 N–H and O–H groups in total. The molecule has 5 nitrogen and oxygen atoms in total. The van der Waals surface area contributed by atoms with Gasteiger partial charge in [0.15, 0.2) is 0 Å². The number of pyridine rings is 2. The molecule has 2 aromatic heterocycles. The summed E-state index contributed by atoms with van der Waals surface area (Å²) in [6, 6.07) is 10.5. The van der Waals surface area contributed by atoms with Gasteiger partial charge in [-0.1, -0.05) is 12.1 Å². The molecule has 0 saturated heterocycles. The molecule has 0 aromatic carbocycles. The van der Waals surface area contributed by atoms with Crippen LogP contribution in [-0.2, 0) is 0 Å². The molecule has 2 heterocycles. The van der Waals surface area contributed by atoms with Gasteiger partial charge in [-0.3, -0.25) is 14.8 Å². The van der Waals surface area contributed by atoms with Crippen LogP contribution in [0.4, 0.5) is 0 Å². The second kappa shape index (κ2) is 5.50. The van der Waals surface area contributed by atoms with Gasteiger partial charge in [0.25, 0.3) is 5.91 Å². The average Bonchev–Trinajstić information content (AvgIpc) is 2.41. The summed E-state index contributed by atoms with van der Waals surface area (Å²) in [5, 5.41) is 3.79. The number of amides is 1. The topological polar surface area (TPSA) is 67.2 Å². The van der Waals surface area contributed by atoms with Crippen molar-refractivity contribution >= 4 is 12.1 Å². The Morgan fingerprint density at radius 2 is 1.88 bits per heavy atom. The van der Waals surface area contributed by atoms with Crippen LogP contribution in [0, 0.1) is 0 Å². The van der Waals surface area contributed by atoms with Gasteiger partial charge in [0, 0.05) is 12.4 Å². The van der Waals surface area contributed by atoms with Crippen molar-refractivity contribution in [3.63, 3.8) is 0 Å². The number of aromatic nitrogens is 2. The van der Waals surface area contributed by atoms with Crippen LogP contribution in [0.2, 0.25) is 0 Å². The smallest absolute Gasteiger partial charge is 0.266 e. The number of hydrogen-bond donors (Lipinski definition) is 1. The first-order valence-corrected chi connectivity index (χ1v) is 5.02. The van der Waals surface area contributed by atoms with E-state index in [9.17, 15) is 4.79 Å². The predicted octanol–water partition coefficient (Wildman–Crippen LogP) is 1.24. The molecule has 0 aliphatic heterocycles. The highest BCUT2D eigenvalue weighted by Crippen LogP contribution is 1.92. The molecule has 17 heavy (non-hydrogen) atoms. The first-order chi connectivity index (χ1) is 8.36. The fourth-order valence-corrected chi connectivity index (χ4v) is 1.16. The summed E-state index contributed by atoms with van der Waals surface area (Å²) >= 11 is 0. The third-order valence-corrected chi connectivity index (χ3v) is 1.95. The molecule has 0 fully saturated rings. The van der Waals surface area contributed by atoms with Crippen molar-refractivity contribution in [2.75, 3.05) is 0 Å². The minimum Gasteiger partial charge on any atom is -0.266 e. The molecular weight excluding hydrogens is 216 g/mol. The largest absolute Gasteiger partial charge is 0.289 e. The normalized spacial score (nSPS) is 10.4. The van der Waals surface area contributed by atoms with Crippen LogP contribution in [0.1, 0.15) is 16.2 Å². The number of hydrogen-bond acceptors (Lipinski definition) is 4. The van der Waals surface area contributed by atoms with Gasteiger partial charge in [-0.05, 0) is 24.3 Å². The Morgan fingerprint density at radius 1 is 1.12 bits per heavy atom. The van der Waals surface area contributed by atoms with E-state index in [0.717, 1.165) is 0 Å². The fraction of sp³-hybridized carbons (Fsp3) is 0. The Bertz CT molecular complexity index is 511. The van der Waals surface area contributed by atoms with Crippen LogP contribution >= 0.6 is 0 Å². The van der Waals surface area contributed by atoms with Gasteiger partial charge in [0.05, 0.1) is 11.9 Å². The first-order valence-electron chi connectivity index (χ1n) is 5.02.